The molecule has 112 valence electrons. The molecule has 1 atom stereocenters. The number of halogens is 1. The van der Waals surface area contributed by atoms with E-state index >= 15 is 0 Å². The van der Waals surface area contributed by atoms with Gasteiger partial charge in [-0.1, -0.05) is 12.1 Å². The summed E-state index contributed by atoms with van der Waals surface area (Å²) in [6.45, 7) is 2.61. The average molecular weight is 290 g/mol. The van der Waals surface area contributed by atoms with E-state index in [4.69, 9.17) is 0 Å². The molecule has 0 bridgehead atoms. The molecule has 4 nitrogen and oxygen atoms in total. The smallest absolute Gasteiger partial charge is 0.225 e. The predicted octanol–water partition coefficient (Wildman–Crippen LogP) is 1.76. The molecule has 1 N–H and O–H groups in total. The minimum absolute atomic E-state index is 0.0894. The van der Waals surface area contributed by atoms with Gasteiger partial charge in [0.1, 0.15) is 5.82 Å². The van der Waals surface area contributed by atoms with Crippen LogP contribution in [0.25, 0.3) is 0 Å². The third-order valence-corrected chi connectivity index (χ3v) is 4.21. The second kappa shape index (κ2) is 5.47. The number of aryl methyl sites for hydroxylation is 1. The molecule has 1 saturated heterocycles. The van der Waals surface area contributed by atoms with Crippen molar-refractivity contribution in [3.8, 4) is 0 Å². The van der Waals surface area contributed by atoms with Crippen molar-refractivity contribution < 1.29 is 14.0 Å². The second-order valence-electron chi connectivity index (χ2n) is 5.98. The molecular weight excluding hydrogens is 271 g/mol. The third kappa shape index (κ3) is 3.06. The van der Waals surface area contributed by atoms with E-state index in [1.165, 1.54) is 6.07 Å². The van der Waals surface area contributed by atoms with Gasteiger partial charge in [-0.05, 0) is 37.0 Å². The van der Waals surface area contributed by atoms with Crippen LogP contribution in [0.4, 0.5) is 4.39 Å². The highest BCUT2D eigenvalue weighted by molar-refractivity contribution is 5.89. The van der Waals surface area contributed by atoms with Gasteiger partial charge in [0.2, 0.25) is 11.8 Å². The van der Waals surface area contributed by atoms with Crippen molar-refractivity contribution in [2.75, 3.05) is 6.54 Å². The lowest BCUT2D eigenvalue weighted by Gasteiger charge is -2.15. The molecule has 21 heavy (non-hydrogen) atoms. The summed E-state index contributed by atoms with van der Waals surface area (Å²) in [4.78, 5) is 25.8. The predicted molar refractivity (Wildman–Crippen MR) is 75.8 cm³/mol. The van der Waals surface area contributed by atoms with Gasteiger partial charge >= 0.3 is 0 Å². The molecule has 2 amide bonds. The van der Waals surface area contributed by atoms with Crippen molar-refractivity contribution in [2.24, 2.45) is 5.92 Å². The van der Waals surface area contributed by atoms with Crippen LogP contribution >= 0.6 is 0 Å². The molecule has 1 heterocycles. The monoisotopic (exact) mass is 290 g/mol. The Morgan fingerprint density at radius 2 is 2.19 bits per heavy atom. The first kappa shape index (κ1) is 14.0. The van der Waals surface area contributed by atoms with Gasteiger partial charge in [-0.15, -0.1) is 0 Å². The third-order valence-electron chi connectivity index (χ3n) is 4.21. The lowest BCUT2D eigenvalue weighted by atomic mass is 10.1. The van der Waals surface area contributed by atoms with Crippen molar-refractivity contribution in [1.82, 2.24) is 10.2 Å². The van der Waals surface area contributed by atoms with Gasteiger partial charge in [-0.3, -0.25) is 9.59 Å². The molecule has 0 aromatic heterocycles. The molecule has 1 saturated carbocycles. The first-order valence-corrected chi connectivity index (χ1v) is 7.37. The van der Waals surface area contributed by atoms with Crippen LogP contribution in [-0.4, -0.2) is 29.3 Å². The summed E-state index contributed by atoms with van der Waals surface area (Å²) >= 11 is 0. The topological polar surface area (TPSA) is 49.4 Å². The first-order chi connectivity index (χ1) is 10.0. The highest BCUT2D eigenvalue weighted by atomic mass is 19.1. The molecule has 0 radical (unpaired) electrons. The van der Waals surface area contributed by atoms with Crippen molar-refractivity contribution in [1.29, 1.82) is 0 Å². The molecular formula is C16H19FN2O2. The lowest BCUT2D eigenvalue weighted by molar-refractivity contribution is -0.129. The molecule has 2 fully saturated rings. The Bertz CT molecular complexity index is 584. The number of hydrogen-bond donors (Lipinski definition) is 1. The van der Waals surface area contributed by atoms with Gasteiger partial charge in [-0.25, -0.2) is 4.39 Å². The van der Waals surface area contributed by atoms with E-state index in [-0.39, 0.29) is 23.5 Å². The van der Waals surface area contributed by atoms with E-state index < -0.39 is 0 Å². The molecule has 5 heteroatoms. The molecule has 3 rings (SSSR count). The van der Waals surface area contributed by atoms with Gasteiger partial charge < -0.3 is 10.2 Å². The Kier molecular flexibility index (Phi) is 3.66. The van der Waals surface area contributed by atoms with E-state index in [0.717, 1.165) is 18.4 Å². The molecule has 1 aliphatic heterocycles. The van der Waals surface area contributed by atoms with Crippen LogP contribution in [-0.2, 0) is 16.1 Å². The van der Waals surface area contributed by atoms with Crippen molar-refractivity contribution in [2.45, 2.75) is 38.8 Å². The molecule has 0 spiro atoms. The van der Waals surface area contributed by atoms with Crippen LogP contribution in [0.15, 0.2) is 18.2 Å². The summed E-state index contributed by atoms with van der Waals surface area (Å²) < 4.78 is 13.2. The van der Waals surface area contributed by atoms with Crippen LogP contribution in [0.2, 0.25) is 0 Å². The summed E-state index contributed by atoms with van der Waals surface area (Å²) in [6.07, 6.45) is 2.44. The fourth-order valence-electron chi connectivity index (χ4n) is 2.80. The zero-order chi connectivity index (χ0) is 15.0. The van der Waals surface area contributed by atoms with E-state index in [0.29, 0.717) is 31.1 Å². The van der Waals surface area contributed by atoms with E-state index in [2.05, 4.69) is 5.32 Å². The van der Waals surface area contributed by atoms with Gasteiger partial charge in [0.25, 0.3) is 0 Å². The summed E-state index contributed by atoms with van der Waals surface area (Å²) in [5.74, 6) is -0.491. The summed E-state index contributed by atoms with van der Waals surface area (Å²) in [7, 11) is 0. The average Bonchev–Trinajstić information content (AvgIpc) is 3.22. The largest absolute Gasteiger partial charge is 0.352 e. The van der Waals surface area contributed by atoms with Gasteiger partial charge in [0, 0.05) is 25.6 Å². The van der Waals surface area contributed by atoms with Gasteiger partial charge in [-0.2, -0.15) is 0 Å². The number of rotatable bonds is 4. The minimum atomic E-state index is -0.250. The number of carbonyl (C=O) groups excluding carboxylic acids is 2. The number of nitrogens with zero attached hydrogens (tertiary/aromatic N) is 1. The quantitative estimate of drug-likeness (QED) is 0.918. The first-order valence-electron chi connectivity index (χ1n) is 7.37. The Labute approximate surface area is 123 Å². The SMILES string of the molecule is Cc1cc(CNC(=O)[C@@H]2CC(=O)N(C3CC3)C2)ccc1F. The summed E-state index contributed by atoms with van der Waals surface area (Å²) in [5.41, 5.74) is 1.43. The van der Waals surface area contributed by atoms with Crippen molar-refractivity contribution in [3.63, 3.8) is 0 Å². The second-order valence-corrected chi connectivity index (χ2v) is 5.98. The number of nitrogens with one attached hydrogen (secondary N) is 1. The van der Waals surface area contributed by atoms with Crippen LogP contribution in [0.3, 0.4) is 0 Å². The standard InChI is InChI=1S/C16H19FN2O2/c1-10-6-11(2-5-14(10)17)8-18-16(21)12-7-15(20)19(9-12)13-3-4-13/h2,5-6,12-13H,3-4,7-9H2,1H3,(H,18,21)/t12-/m1/s1. The summed E-state index contributed by atoms with van der Waals surface area (Å²) in [6, 6.07) is 5.17. The maximum absolute atomic E-state index is 13.2. The zero-order valence-electron chi connectivity index (χ0n) is 12.1. The fourth-order valence-corrected chi connectivity index (χ4v) is 2.80. The van der Waals surface area contributed by atoms with E-state index in [1.807, 2.05) is 4.90 Å². The molecule has 0 unspecified atom stereocenters. The maximum Gasteiger partial charge on any atom is 0.225 e. The number of carbonyl (C=O) groups is 2. The normalized spacial score (nSPS) is 21.7. The highest BCUT2D eigenvalue weighted by Gasteiger charge is 2.41. The Hall–Kier alpha value is -1.91. The van der Waals surface area contributed by atoms with Crippen molar-refractivity contribution in [3.05, 3.63) is 35.1 Å². The van der Waals surface area contributed by atoms with Gasteiger partial charge in [0.15, 0.2) is 0 Å². The van der Waals surface area contributed by atoms with Crippen LogP contribution in [0.5, 0.6) is 0 Å². The van der Waals surface area contributed by atoms with E-state index in [1.54, 1.807) is 19.1 Å². The van der Waals surface area contributed by atoms with E-state index in [9.17, 15) is 14.0 Å². The Morgan fingerprint density at radius 1 is 1.43 bits per heavy atom. The highest BCUT2D eigenvalue weighted by Crippen LogP contribution is 2.32. The molecule has 1 aliphatic carbocycles. The van der Waals surface area contributed by atoms with Crippen molar-refractivity contribution >= 4 is 11.8 Å². The Balaban J connectivity index is 1.54. The number of likely N-dealkylation sites (tertiary alicyclic amines) is 1. The van der Waals surface area contributed by atoms with Crippen LogP contribution in [0.1, 0.15) is 30.4 Å². The van der Waals surface area contributed by atoms with Crippen LogP contribution < -0.4 is 5.32 Å². The minimum Gasteiger partial charge on any atom is -0.352 e. The molecule has 1 aromatic rings. The maximum atomic E-state index is 13.2. The number of hydrogen-bond acceptors (Lipinski definition) is 2. The Morgan fingerprint density at radius 3 is 2.86 bits per heavy atom. The fraction of sp³-hybridized carbons (Fsp3) is 0.500. The number of benzene rings is 1. The van der Waals surface area contributed by atoms with Gasteiger partial charge in [0.05, 0.1) is 5.92 Å². The lowest BCUT2D eigenvalue weighted by Crippen LogP contribution is -2.33. The zero-order valence-corrected chi connectivity index (χ0v) is 12.1. The number of amides is 2. The van der Waals surface area contributed by atoms with Crippen LogP contribution in [0, 0.1) is 18.7 Å². The molecule has 1 aromatic carbocycles. The molecule has 2 aliphatic rings. The summed E-state index contributed by atoms with van der Waals surface area (Å²) in [5, 5.41) is 2.85.